The molecule has 1 rings (SSSR count). The van der Waals surface area contributed by atoms with Gasteiger partial charge in [-0.2, -0.15) is 0 Å². The lowest BCUT2D eigenvalue weighted by atomic mass is 10.0. The zero-order valence-electron chi connectivity index (χ0n) is 11.6. The van der Waals surface area contributed by atoms with Crippen molar-refractivity contribution in [3.8, 4) is 0 Å². The molecule has 3 heteroatoms. The molecule has 1 aromatic rings. The van der Waals surface area contributed by atoms with Gasteiger partial charge in [0.2, 0.25) is 0 Å². The van der Waals surface area contributed by atoms with Crippen LogP contribution in [0.1, 0.15) is 31.4 Å². The molecule has 0 aliphatic rings. The van der Waals surface area contributed by atoms with E-state index in [1.54, 1.807) is 0 Å². The number of halogens is 1. The maximum Gasteiger partial charge on any atom is 0.0593 e. The molecule has 0 aliphatic heterocycles. The summed E-state index contributed by atoms with van der Waals surface area (Å²) >= 11 is 6.17. The molecule has 0 bridgehead atoms. The Morgan fingerprint density at radius 3 is 2.50 bits per heavy atom. The first-order valence-corrected chi connectivity index (χ1v) is 7.10. The van der Waals surface area contributed by atoms with Gasteiger partial charge in [-0.15, -0.1) is 0 Å². The van der Waals surface area contributed by atoms with Gasteiger partial charge in [-0.25, -0.2) is 0 Å². The molecule has 0 spiro atoms. The lowest BCUT2D eigenvalue weighted by Gasteiger charge is -2.20. The summed E-state index contributed by atoms with van der Waals surface area (Å²) in [6, 6.07) is 6.00. The van der Waals surface area contributed by atoms with Crippen LogP contribution in [0.15, 0.2) is 18.2 Å². The Morgan fingerprint density at radius 2 is 1.94 bits per heavy atom. The van der Waals surface area contributed by atoms with Crippen LogP contribution >= 0.6 is 11.6 Å². The molecule has 102 valence electrons. The first kappa shape index (κ1) is 15.5. The molecule has 0 saturated heterocycles. The van der Waals surface area contributed by atoms with Crippen molar-refractivity contribution < 1.29 is 5.11 Å². The number of hydrogen-bond donors (Lipinski definition) is 1. The maximum absolute atomic E-state index is 10.1. The number of aliphatic hydroxyl groups is 1. The van der Waals surface area contributed by atoms with Crippen molar-refractivity contribution >= 4 is 11.6 Å². The predicted octanol–water partition coefficient (Wildman–Crippen LogP) is 3.28. The van der Waals surface area contributed by atoms with Crippen molar-refractivity contribution in [3.05, 3.63) is 34.3 Å². The molecule has 18 heavy (non-hydrogen) atoms. The number of rotatable bonds is 7. The minimum absolute atomic E-state index is 0.314. The molecule has 0 fully saturated rings. The standard InChI is InChI=1S/C15H24ClNO/c1-4-17(5-2)9-8-14(18)11-13-7-6-12(3)10-15(13)16/h6-7,10,14,18H,4-5,8-9,11H2,1-3H3. The first-order chi connectivity index (χ1) is 8.56. The van der Waals surface area contributed by atoms with Crippen LogP contribution in [0.3, 0.4) is 0 Å². The molecule has 1 atom stereocenters. The van der Waals surface area contributed by atoms with E-state index < -0.39 is 0 Å². The summed E-state index contributed by atoms with van der Waals surface area (Å²) in [5.41, 5.74) is 2.19. The normalized spacial score (nSPS) is 13.0. The number of hydrogen-bond acceptors (Lipinski definition) is 2. The van der Waals surface area contributed by atoms with Gasteiger partial charge < -0.3 is 10.0 Å². The molecule has 0 heterocycles. The fraction of sp³-hybridized carbons (Fsp3) is 0.600. The fourth-order valence-electron chi connectivity index (χ4n) is 2.05. The van der Waals surface area contributed by atoms with E-state index >= 15 is 0 Å². The third kappa shape index (κ3) is 4.97. The van der Waals surface area contributed by atoms with Crippen LogP contribution in [0.2, 0.25) is 5.02 Å². The minimum Gasteiger partial charge on any atom is -0.393 e. The Balaban J connectivity index is 2.46. The predicted molar refractivity (Wildman–Crippen MR) is 78.3 cm³/mol. The molecule has 0 aromatic heterocycles. The second-order valence-electron chi connectivity index (χ2n) is 4.77. The SMILES string of the molecule is CCN(CC)CCC(O)Cc1ccc(C)cc1Cl. The molecule has 0 amide bonds. The van der Waals surface area contributed by atoms with Crippen molar-refractivity contribution in [2.75, 3.05) is 19.6 Å². The van der Waals surface area contributed by atoms with Crippen LogP contribution in [0.4, 0.5) is 0 Å². The molecule has 0 radical (unpaired) electrons. The number of aryl methyl sites for hydroxylation is 1. The van der Waals surface area contributed by atoms with E-state index in [-0.39, 0.29) is 6.10 Å². The second-order valence-corrected chi connectivity index (χ2v) is 5.18. The quantitative estimate of drug-likeness (QED) is 0.821. The van der Waals surface area contributed by atoms with Gasteiger partial charge in [0.15, 0.2) is 0 Å². The molecular formula is C15H24ClNO. The third-order valence-electron chi connectivity index (χ3n) is 3.34. The Kier molecular flexibility index (Phi) is 6.69. The average Bonchev–Trinajstić information content (AvgIpc) is 2.34. The summed E-state index contributed by atoms with van der Waals surface area (Å²) in [5.74, 6) is 0. The van der Waals surface area contributed by atoms with Crippen LogP contribution < -0.4 is 0 Å². The highest BCUT2D eigenvalue weighted by molar-refractivity contribution is 6.31. The monoisotopic (exact) mass is 269 g/mol. The minimum atomic E-state index is -0.314. The lowest BCUT2D eigenvalue weighted by molar-refractivity contribution is 0.143. The maximum atomic E-state index is 10.1. The topological polar surface area (TPSA) is 23.5 Å². The molecule has 2 nitrogen and oxygen atoms in total. The number of benzene rings is 1. The first-order valence-electron chi connectivity index (χ1n) is 6.72. The lowest BCUT2D eigenvalue weighted by Crippen LogP contribution is -2.27. The van der Waals surface area contributed by atoms with Gasteiger partial charge in [0.05, 0.1) is 6.10 Å². The van der Waals surface area contributed by atoms with Crippen LogP contribution in [0.25, 0.3) is 0 Å². The highest BCUT2D eigenvalue weighted by Gasteiger charge is 2.10. The van der Waals surface area contributed by atoms with E-state index in [1.165, 1.54) is 0 Å². The van der Waals surface area contributed by atoms with E-state index in [9.17, 15) is 5.11 Å². The molecule has 0 saturated carbocycles. The molecular weight excluding hydrogens is 246 g/mol. The van der Waals surface area contributed by atoms with E-state index in [4.69, 9.17) is 11.6 Å². The zero-order chi connectivity index (χ0) is 13.5. The van der Waals surface area contributed by atoms with Gasteiger partial charge in [-0.1, -0.05) is 37.6 Å². The Bertz CT molecular complexity index is 364. The van der Waals surface area contributed by atoms with Crippen molar-refractivity contribution in [2.24, 2.45) is 0 Å². The summed E-state index contributed by atoms with van der Waals surface area (Å²) in [5, 5.41) is 10.8. The highest BCUT2D eigenvalue weighted by Crippen LogP contribution is 2.19. The van der Waals surface area contributed by atoms with Crippen molar-refractivity contribution in [2.45, 2.75) is 39.7 Å². The van der Waals surface area contributed by atoms with E-state index in [0.29, 0.717) is 6.42 Å². The highest BCUT2D eigenvalue weighted by atomic mass is 35.5. The summed E-state index contributed by atoms with van der Waals surface area (Å²) in [7, 11) is 0. The summed E-state index contributed by atoms with van der Waals surface area (Å²) in [6.45, 7) is 9.33. The van der Waals surface area contributed by atoms with Crippen LogP contribution in [0.5, 0.6) is 0 Å². The van der Waals surface area contributed by atoms with Gasteiger partial charge >= 0.3 is 0 Å². The van der Waals surface area contributed by atoms with Crippen molar-refractivity contribution in [1.82, 2.24) is 4.90 Å². The van der Waals surface area contributed by atoms with Crippen LogP contribution in [-0.2, 0) is 6.42 Å². The van der Waals surface area contributed by atoms with Gasteiger partial charge in [-0.3, -0.25) is 0 Å². The Morgan fingerprint density at radius 1 is 1.28 bits per heavy atom. The number of nitrogens with zero attached hydrogens (tertiary/aromatic N) is 1. The van der Waals surface area contributed by atoms with E-state index in [0.717, 1.165) is 42.2 Å². The van der Waals surface area contributed by atoms with Crippen molar-refractivity contribution in [1.29, 1.82) is 0 Å². The molecule has 1 unspecified atom stereocenters. The second kappa shape index (κ2) is 7.78. The number of aliphatic hydroxyl groups excluding tert-OH is 1. The summed E-state index contributed by atoms with van der Waals surface area (Å²) < 4.78 is 0. The fourth-order valence-corrected chi connectivity index (χ4v) is 2.36. The van der Waals surface area contributed by atoms with Gasteiger partial charge in [0.25, 0.3) is 0 Å². The molecule has 0 aliphatic carbocycles. The Labute approximate surface area is 116 Å². The van der Waals surface area contributed by atoms with Gasteiger partial charge in [-0.05, 0) is 50.0 Å². The van der Waals surface area contributed by atoms with Gasteiger partial charge in [0.1, 0.15) is 0 Å². The summed E-state index contributed by atoms with van der Waals surface area (Å²) in [6.07, 6.45) is 1.12. The smallest absolute Gasteiger partial charge is 0.0593 e. The van der Waals surface area contributed by atoms with Crippen LogP contribution in [0, 0.1) is 6.92 Å². The molecule has 1 N–H and O–H groups in total. The van der Waals surface area contributed by atoms with Gasteiger partial charge in [0, 0.05) is 11.6 Å². The largest absolute Gasteiger partial charge is 0.393 e. The Hall–Kier alpha value is -0.570. The zero-order valence-corrected chi connectivity index (χ0v) is 12.4. The molecule has 1 aromatic carbocycles. The van der Waals surface area contributed by atoms with Crippen molar-refractivity contribution in [3.63, 3.8) is 0 Å². The van der Waals surface area contributed by atoms with E-state index in [2.05, 4.69) is 18.7 Å². The van der Waals surface area contributed by atoms with Crippen LogP contribution in [-0.4, -0.2) is 35.7 Å². The average molecular weight is 270 g/mol. The third-order valence-corrected chi connectivity index (χ3v) is 3.69. The summed E-state index contributed by atoms with van der Waals surface area (Å²) in [4.78, 5) is 2.32. The van der Waals surface area contributed by atoms with E-state index in [1.807, 2.05) is 25.1 Å².